The first-order valence-electron chi connectivity index (χ1n) is 8.97. The average Bonchev–Trinajstić information content (AvgIpc) is 3.06. The Bertz CT molecular complexity index is 1070. The van der Waals surface area contributed by atoms with Crippen molar-refractivity contribution in [2.75, 3.05) is 31.2 Å². The Morgan fingerprint density at radius 3 is 2.83 bits per heavy atom. The molecule has 0 bridgehead atoms. The largest absolute Gasteiger partial charge is 0.492 e. The molecule has 0 aliphatic rings. The van der Waals surface area contributed by atoms with Crippen molar-refractivity contribution in [1.82, 2.24) is 15.5 Å². The number of aliphatic hydroxyl groups is 1. The van der Waals surface area contributed by atoms with E-state index in [9.17, 15) is 13.5 Å². The van der Waals surface area contributed by atoms with E-state index in [-0.39, 0.29) is 0 Å². The molecule has 0 aliphatic heterocycles. The summed E-state index contributed by atoms with van der Waals surface area (Å²) in [4.78, 5) is 0. The van der Waals surface area contributed by atoms with Crippen LogP contribution in [0.25, 0.3) is 10.9 Å². The lowest BCUT2D eigenvalue weighted by atomic mass is 10.1. The van der Waals surface area contributed by atoms with Crippen molar-refractivity contribution in [3.63, 3.8) is 0 Å². The van der Waals surface area contributed by atoms with E-state index >= 15 is 0 Å². The molecule has 9 nitrogen and oxygen atoms in total. The first-order valence-corrected chi connectivity index (χ1v) is 10.9. The van der Waals surface area contributed by atoms with Gasteiger partial charge in [-0.3, -0.25) is 15.1 Å². The van der Waals surface area contributed by atoms with Gasteiger partial charge in [0, 0.05) is 24.7 Å². The maximum Gasteiger partial charge on any atom is 0.240 e. The van der Waals surface area contributed by atoms with E-state index in [2.05, 4.69) is 20.2 Å². The van der Waals surface area contributed by atoms with E-state index in [1.165, 1.54) is 0 Å². The van der Waals surface area contributed by atoms with Crippen LogP contribution in [0.3, 0.4) is 0 Å². The van der Waals surface area contributed by atoms with Gasteiger partial charge in [0.15, 0.2) is 0 Å². The van der Waals surface area contributed by atoms with Crippen LogP contribution in [-0.4, -0.2) is 56.5 Å². The Hall–Kier alpha value is -2.82. The topological polar surface area (TPSA) is 126 Å². The lowest BCUT2D eigenvalue weighted by Crippen LogP contribution is -2.34. The number of rotatable bonds is 10. The lowest BCUT2D eigenvalue weighted by molar-refractivity contribution is 0.130. The minimum atomic E-state index is -3.34. The van der Waals surface area contributed by atoms with Crippen LogP contribution >= 0.6 is 0 Å². The van der Waals surface area contributed by atoms with Crippen molar-refractivity contribution in [3.05, 3.63) is 48.0 Å². The number of anilines is 1. The molecule has 4 N–H and O–H groups in total. The number of nitrogens with one attached hydrogen (secondary N) is 3. The maximum absolute atomic E-state index is 11.3. The molecule has 0 saturated heterocycles. The summed E-state index contributed by atoms with van der Waals surface area (Å²) in [5.41, 5.74) is 2.08. The molecule has 0 aliphatic carbocycles. The molecular weight excluding hydrogens is 396 g/mol. The standard InChI is InChI=1S/C19H24N4O5S/c1-27-19-16-7-6-15(12-17(16)21-22-19)28-9-8-20-18(24)11-13-4-3-5-14(10-13)23-29(2,25)26/h3-7,10,12,18,20,23-24H,8-9,11H2,1-2H3,(H,21,22)/t18-/m1/s1. The van der Waals surface area contributed by atoms with Gasteiger partial charge < -0.3 is 14.6 Å². The van der Waals surface area contributed by atoms with Gasteiger partial charge in [-0.05, 0) is 29.8 Å². The minimum Gasteiger partial charge on any atom is -0.492 e. The number of ether oxygens (including phenoxy) is 2. The molecule has 2 aromatic carbocycles. The second-order valence-corrected chi connectivity index (χ2v) is 8.29. The van der Waals surface area contributed by atoms with Crippen LogP contribution in [0.1, 0.15) is 5.56 Å². The fourth-order valence-electron chi connectivity index (χ4n) is 2.88. The second kappa shape index (κ2) is 9.12. The number of sulfonamides is 1. The van der Waals surface area contributed by atoms with E-state index in [1.807, 2.05) is 24.3 Å². The van der Waals surface area contributed by atoms with Crippen molar-refractivity contribution >= 4 is 26.6 Å². The van der Waals surface area contributed by atoms with Crippen LogP contribution in [0, 0.1) is 0 Å². The highest BCUT2D eigenvalue weighted by molar-refractivity contribution is 7.92. The fourth-order valence-corrected chi connectivity index (χ4v) is 3.44. The third kappa shape index (κ3) is 6.08. The van der Waals surface area contributed by atoms with Crippen molar-refractivity contribution in [3.8, 4) is 11.6 Å². The molecule has 1 aromatic heterocycles. The lowest BCUT2D eigenvalue weighted by Gasteiger charge is -2.14. The Kier molecular flexibility index (Phi) is 6.57. The molecule has 29 heavy (non-hydrogen) atoms. The van der Waals surface area contributed by atoms with Crippen molar-refractivity contribution in [2.24, 2.45) is 0 Å². The van der Waals surface area contributed by atoms with Gasteiger partial charge in [-0.2, -0.15) is 0 Å². The van der Waals surface area contributed by atoms with Gasteiger partial charge in [0.05, 0.1) is 24.3 Å². The second-order valence-electron chi connectivity index (χ2n) is 6.54. The Morgan fingerprint density at radius 2 is 2.07 bits per heavy atom. The number of methoxy groups -OCH3 is 1. The zero-order chi connectivity index (χ0) is 20.9. The van der Waals surface area contributed by atoms with Gasteiger partial charge >= 0.3 is 0 Å². The average molecular weight is 420 g/mol. The van der Waals surface area contributed by atoms with E-state index < -0.39 is 16.3 Å². The fraction of sp³-hybridized carbons (Fsp3) is 0.316. The molecule has 0 radical (unpaired) electrons. The summed E-state index contributed by atoms with van der Waals surface area (Å²) < 4.78 is 35.9. The first-order chi connectivity index (χ1) is 13.8. The molecule has 156 valence electrons. The van der Waals surface area contributed by atoms with Crippen molar-refractivity contribution < 1.29 is 23.0 Å². The van der Waals surface area contributed by atoms with E-state index in [0.717, 1.165) is 22.7 Å². The number of hydrogen-bond donors (Lipinski definition) is 4. The highest BCUT2D eigenvalue weighted by Crippen LogP contribution is 2.25. The molecule has 0 unspecified atom stereocenters. The minimum absolute atomic E-state index is 0.333. The quantitative estimate of drug-likeness (QED) is 0.289. The van der Waals surface area contributed by atoms with Crippen LogP contribution in [0.15, 0.2) is 42.5 Å². The van der Waals surface area contributed by atoms with Crippen LogP contribution in [0.5, 0.6) is 11.6 Å². The van der Waals surface area contributed by atoms with Gasteiger partial charge in [0.25, 0.3) is 0 Å². The molecule has 0 saturated carbocycles. The normalized spacial score (nSPS) is 12.7. The van der Waals surface area contributed by atoms with Crippen LogP contribution in [-0.2, 0) is 16.4 Å². The smallest absolute Gasteiger partial charge is 0.240 e. The zero-order valence-electron chi connectivity index (χ0n) is 16.2. The van der Waals surface area contributed by atoms with Gasteiger partial charge in [0.1, 0.15) is 18.6 Å². The number of benzene rings is 2. The van der Waals surface area contributed by atoms with E-state index in [0.29, 0.717) is 36.9 Å². The third-order valence-electron chi connectivity index (χ3n) is 4.10. The summed E-state index contributed by atoms with van der Waals surface area (Å²) in [5.74, 6) is 1.21. The summed E-state index contributed by atoms with van der Waals surface area (Å²) in [6.07, 6.45) is 0.641. The first kappa shape index (κ1) is 20.9. The maximum atomic E-state index is 11.3. The van der Waals surface area contributed by atoms with E-state index in [1.54, 1.807) is 25.3 Å². The molecule has 3 rings (SSSR count). The van der Waals surface area contributed by atoms with Gasteiger partial charge in [-0.25, -0.2) is 8.42 Å². The summed E-state index contributed by atoms with van der Waals surface area (Å²) in [6, 6.07) is 12.4. The molecule has 10 heteroatoms. The SMILES string of the molecule is COc1n[nH]c2cc(OCCN[C@H](O)Cc3cccc(NS(C)(=O)=O)c3)ccc12. The Balaban J connectivity index is 1.45. The molecule has 1 atom stereocenters. The summed E-state index contributed by atoms with van der Waals surface area (Å²) in [6.45, 7) is 0.802. The molecule has 0 fully saturated rings. The van der Waals surface area contributed by atoms with Gasteiger partial charge in [-0.15, -0.1) is 5.10 Å². The Morgan fingerprint density at radius 1 is 1.24 bits per heavy atom. The third-order valence-corrected chi connectivity index (χ3v) is 4.71. The molecular formula is C19H24N4O5S. The molecule has 0 spiro atoms. The number of aromatic amines is 1. The van der Waals surface area contributed by atoms with Crippen molar-refractivity contribution in [1.29, 1.82) is 0 Å². The van der Waals surface area contributed by atoms with Crippen molar-refractivity contribution in [2.45, 2.75) is 12.6 Å². The summed E-state index contributed by atoms with van der Waals surface area (Å²) >= 11 is 0. The summed E-state index contributed by atoms with van der Waals surface area (Å²) in [7, 11) is -1.77. The highest BCUT2D eigenvalue weighted by Gasteiger charge is 2.09. The van der Waals surface area contributed by atoms with E-state index in [4.69, 9.17) is 9.47 Å². The number of aromatic nitrogens is 2. The number of fused-ring (bicyclic) bond motifs is 1. The van der Waals surface area contributed by atoms with Crippen LogP contribution in [0.2, 0.25) is 0 Å². The number of nitrogens with zero attached hydrogens (tertiary/aromatic N) is 1. The molecule has 3 aromatic rings. The van der Waals surface area contributed by atoms with Gasteiger partial charge in [-0.1, -0.05) is 12.1 Å². The number of hydrogen-bond acceptors (Lipinski definition) is 7. The van der Waals surface area contributed by atoms with Gasteiger partial charge in [0.2, 0.25) is 15.9 Å². The zero-order valence-corrected chi connectivity index (χ0v) is 17.0. The highest BCUT2D eigenvalue weighted by atomic mass is 32.2. The predicted octanol–water partition coefficient (Wildman–Crippen LogP) is 1.47. The predicted molar refractivity (Wildman–Crippen MR) is 111 cm³/mol. The molecule has 0 amide bonds. The number of aliphatic hydroxyl groups excluding tert-OH is 1. The Labute approximate surface area is 169 Å². The summed E-state index contributed by atoms with van der Waals surface area (Å²) in [5, 5.41) is 20.9. The molecule has 1 heterocycles. The number of H-pyrrole nitrogens is 1. The van der Waals surface area contributed by atoms with Crippen LogP contribution < -0.4 is 19.5 Å². The monoisotopic (exact) mass is 420 g/mol. The van der Waals surface area contributed by atoms with Crippen LogP contribution in [0.4, 0.5) is 5.69 Å².